The van der Waals surface area contributed by atoms with Gasteiger partial charge >= 0.3 is 0 Å². The molecule has 10 heteroatoms. The zero-order valence-electron chi connectivity index (χ0n) is 22.6. The number of aliphatic hydroxyl groups excluding tert-OH is 1. The molecule has 1 aliphatic heterocycles. The lowest BCUT2D eigenvalue weighted by Gasteiger charge is -2.31. The number of carbonyl (C=O) groups excluding carboxylic acids is 1. The van der Waals surface area contributed by atoms with Gasteiger partial charge in [0.1, 0.15) is 5.75 Å². The fraction of sp³-hybridized carbons (Fsp3) is 0.290. The first-order valence-electron chi connectivity index (χ1n) is 13.6. The topological polar surface area (TPSA) is 141 Å². The molecule has 0 aromatic heterocycles. The lowest BCUT2D eigenvalue weighted by Crippen LogP contribution is -2.55. The summed E-state index contributed by atoms with van der Waals surface area (Å²) in [7, 11) is 0. The summed E-state index contributed by atoms with van der Waals surface area (Å²) in [5, 5.41) is 12.9. The van der Waals surface area contributed by atoms with Crippen molar-refractivity contribution < 1.29 is 19.4 Å². The van der Waals surface area contributed by atoms with E-state index in [2.05, 4.69) is 39.6 Å². The molecule has 0 spiro atoms. The first kappa shape index (κ1) is 27.9. The maximum Gasteiger partial charge on any atom is 0.266 e. The normalized spacial score (nSPS) is 19.4. The number of nitrogens with zero attached hydrogens (tertiary/aromatic N) is 4. The monoisotopic (exact) mass is 552 g/mol. The molecule has 0 saturated heterocycles. The van der Waals surface area contributed by atoms with E-state index in [0.717, 1.165) is 12.8 Å². The molecule has 3 N–H and O–H groups in total. The maximum absolute atomic E-state index is 14.1. The largest absolute Gasteiger partial charge is 0.494 e. The van der Waals surface area contributed by atoms with Gasteiger partial charge in [0.25, 0.3) is 5.91 Å². The van der Waals surface area contributed by atoms with Gasteiger partial charge in [0, 0.05) is 47.2 Å². The standard InChI is InChI=1S/C31H32N6O4/c1-2-16-31(30(39)36-34-24-19-22-8-3-4-9-23(22)20-24)28(26-10-5-6-11-27(26)35-37-32)41-29(33-31)21-12-14-25(15-13-21)40-18-7-17-38/h2-6,8-15,24,28,34,38H,1,7,16-20H2,(H,36,39)/t28-,31-/m0/s1. The van der Waals surface area contributed by atoms with Gasteiger partial charge in [0.15, 0.2) is 11.6 Å². The minimum atomic E-state index is -1.42. The Balaban J connectivity index is 1.46. The van der Waals surface area contributed by atoms with Crippen LogP contribution in [-0.4, -0.2) is 41.7 Å². The summed E-state index contributed by atoms with van der Waals surface area (Å²) in [4.78, 5) is 21.9. The van der Waals surface area contributed by atoms with E-state index in [1.165, 1.54) is 11.1 Å². The molecule has 0 saturated carbocycles. The zero-order valence-corrected chi connectivity index (χ0v) is 22.6. The molecule has 1 amide bonds. The van der Waals surface area contributed by atoms with Crippen molar-refractivity contribution in [2.75, 3.05) is 13.2 Å². The van der Waals surface area contributed by atoms with Gasteiger partial charge in [-0.2, -0.15) is 0 Å². The highest BCUT2D eigenvalue weighted by atomic mass is 16.5. The summed E-state index contributed by atoms with van der Waals surface area (Å²) in [6.07, 6.45) is 3.05. The van der Waals surface area contributed by atoms with Crippen molar-refractivity contribution in [2.24, 2.45) is 10.1 Å². The molecule has 210 valence electrons. The Morgan fingerprint density at radius 3 is 2.54 bits per heavy atom. The van der Waals surface area contributed by atoms with Crippen LogP contribution >= 0.6 is 0 Å². The average Bonchev–Trinajstić information content (AvgIpc) is 3.59. The smallest absolute Gasteiger partial charge is 0.266 e. The van der Waals surface area contributed by atoms with Crippen LogP contribution in [0.4, 0.5) is 5.69 Å². The second kappa shape index (κ2) is 12.7. The van der Waals surface area contributed by atoms with E-state index in [0.29, 0.717) is 35.6 Å². The molecule has 5 rings (SSSR count). The number of nitrogens with one attached hydrogen (secondary N) is 2. The van der Waals surface area contributed by atoms with Gasteiger partial charge in [-0.25, -0.2) is 10.4 Å². The summed E-state index contributed by atoms with van der Waals surface area (Å²) < 4.78 is 12.1. The summed E-state index contributed by atoms with van der Waals surface area (Å²) in [6.45, 7) is 4.36. The Kier molecular flexibility index (Phi) is 8.64. The number of aliphatic imine (C=N–C) groups is 1. The third-order valence-electron chi connectivity index (χ3n) is 7.30. The van der Waals surface area contributed by atoms with Crippen LogP contribution in [0.2, 0.25) is 0 Å². The second-order valence-electron chi connectivity index (χ2n) is 10.0. The number of hydrogen-bond donors (Lipinski definition) is 3. The van der Waals surface area contributed by atoms with Crippen molar-refractivity contribution in [3.8, 4) is 5.75 Å². The third-order valence-corrected chi connectivity index (χ3v) is 7.30. The molecule has 0 radical (unpaired) electrons. The quantitative estimate of drug-likeness (QED) is 0.0723. The number of azide groups is 1. The van der Waals surface area contributed by atoms with E-state index >= 15 is 0 Å². The third kappa shape index (κ3) is 5.95. The number of rotatable bonds is 12. The van der Waals surface area contributed by atoms with Gasteiger partial charge in [0.2, 0.25) is 5.90 Å². The molecule has 41 heavy (non-hydrogen) atoms. The van der Waals surface area contributed by atoms with E-state index < -0.39 is 11.6 Å². The van der Waals surface area contributed by atoms with Crippen LogP contribution in [0.5, 0.6) is 5.75 Å². The van der Waals surface area contributed by atoms with Crippen molar-refractivity contribution in [3.63, 3.8) is 0 Å². The minimum Gasteiger partial charge on any atom is -0.494 e. The zero-order chi connectivity index (χ0) is 28.7. The van der Waals surface area contributed by atoms with Crippen molar-refractivity contribution in [1.29, 1.82) is 0 Å². The van der Waals surface area contributed by atoms with Crippen LogP contribution in [0.1, 0.15) is 41.2 Å². The number of ether oxygens (including phenoxy) is 2. The van der Waals surface area contributed by atoms with E-state index in [1.807, 2.05) is 12.1 Å². The Bertz CT molecular complexity index is 1460. The number of aliphatic hydroxyl groups is 1. The Hall–Kier alpha value is -4.63. The van der Waals surface area contributed by atoms with Crippen LogP contribution in [0.15, 0.2) is 95.6 Å². The maximum atomic E-state index is 14.1. The molecule has 2 aliphatic rings. The van der Waals surface area contributed by atoms with E-state index in [1.54, 1.807) is 54.6 Å². The van der Waals surface area contributed by atoms with Gasteiger partial charge in [-0.3, -0.25) is 10.2 Å². The van der Waals surface area contributed by atoms with Gasteiger partial charge in [-0.05, 0) is 53.8 Å². The molecule has 0 fully saturated rings. The van der Waals surface area contributed by atoms with E-state index in [9.17, 15) is 10.3 Å². The molecule has 3 aromatic carbocycles. The number of hydrogen-bond acceptors (Lipinski definition) is 7. The summed E-state index contributed by atoms with van der Waals surface area (Å²) in [5.74, 6) is 0.536. The van der Waals surface area contributed by atoms with Crippen LogP contribution in [0, 0.1) is 0 Å². The highest BCUT2D eigenvalue weighted by Gasteiger charge is 2.53. The van der Waals surface area contributed by atoms with Crippen molar-refractivity contribution in [1.82, 2.24) is 10.9 Å². The molecular formula is C31H32N6O4. The average molecular weight is 553 g/mol. The molecular weight excluding hydrogens is 520 g/mol. The predicted octanol–water partition coefficient (Wildman–Crippen LogP) is 5.01. The number of fused-ring (bicyclic) bond motifs is 1. The number of amides is 1. The fourth-order valence-electron chi connectivity index (χ4n) is 5.30. The minimum absolute atomic E-state index is 0.0372. The molecule has 3 aromatic rings. The van der Waals surface area contributed by atoms with Gasteiger partial charge in [-0.1, -0.05) is 59.7 Å². The van der Waals surface area contributed by atoms with Crippen LogP contribution in [0.25, 0.3) is 10.4 Å². The lowest BCUT2D eigenvalue weighted by molar-refractivity contribution is -0.130. The number of carbonyl (C=O) groups is 1. The van der Waals surface area contributed by atoms with Crippen molar-refractivity contribution in [3.05, 3.63) is 118 Å². The summed E-state index contributed by atoms with van der Waals surface area (Å²) in [5.41, 5.74) is 18.0. The van der Waals surface area contributed by atoms with Gasteiger partial charge < -0.3 is 14.6 Å². The Morgan fingerprint density at radius 1 is 1.15 bits per heavy atom. The highest BCUT2D eigenvalue weighted by molar-refractivity contribution is 6.01. The molecule has 1 heterocycles. The second-order valence-corrected chi connectivity index (χ2v) is 10.0. The molecule has 1 aliphatic carbocycles. The molecule has 2 atom stereocenters. The SMILES string of the molecule is C=CC[C@]1(C(=O)NNC2Cc3ccccc3C2)N=C(c2ccc(OCCCO)cc2)O[C@H]1c1ccccc1N=[N+]=[N-]. The van der Waals surface area contributed by atoms with Crippen molar-refractivity contribution in [2.45, 2.75) is 43.4 Å². The first-order valence-corrected chi connectivity index (χ1v) is 13.6. The van der Waals surface area contributed by atoms with E-state index in [4.69, 9.17) is 19.6 Å². The van der Waals surface area contributed by atoms with Gasteiger partial charge in [0.05, 0.1) is 6.61 Å². The van der Waals surface area contributed by atoms with Gasteiger partial charge in [-0.15, -0.1) is 6.58 Å². The number of hydrazine groups is 1. The van der Waals surface area contributed by atoms with Crippen molar-refractivity contribution >= 4 is 17.5 Å². The molecule has 10 nitrogen and oxygen atoms in total. The van der Waals surface area contributed by atoms with Crippen LogP contribution in [0.3, 0.4) is 0 Å². The first-order chi connectivity index (χ1) is 20.1. The fourth-order valence-corrected chi connectivity index (χ4v) is 5.30. The molecule has 0 unspecified atom stereocenters. The lowest BCUT2D eigenvalue weighted by atomic mass is 9.84. The number of benzene rings is 3. The highest BCUT2D eigenvalue weighted by Crippen LogP contribution is 2.45. The summed E-state index contributed by atoms with van der Waals surface area (Å²) in [6, 6.07) is 22.5. The Morgan fingerprint density at radius 2 is 1.85 bits per heavy atom. The predicted molar refractivity (Wildman–Crippen MR) is 156 cm³/mol. The van der Waals surface area contributed by atoms with Crippen LogP contribution < -0.4 is 15.6 Å². The molecule has 0 bridgehead atoms. The van der Waals surface area contributed by atoms with E-state index in [-0.39, 0.29) is 30.9 Å². The Labute approximate surface area is 238 Å². The summed E-state index contributed by atoms with van der Waals surface area (Å²) >= 11 is 0. The van der Waals surface area contributed by atoms with Crippen LogP contribution in [-0.2, 0) is 22.4 Å².